The molecule has 0 aliphatic heterocycles. The fraction of sp³-hybridized carbons (Fsp3) is 0.429. The second kappa shape index (κ2) is 8.67. The van der Waals surface area contributed by atoms with Gasteiger partial charge in [0.25, 0.3) is 0 Å². The number of likely N-dealkylation sites (N-methyl/N-ethyl adjacent to an activating group) is 1. The number of ketones is 1. The van der Waals surface area contributed by atoms with Crippen molar-refractivity contribution in [1.29, 1.82) is 0 Å². The molecule has 0 fully saturated rings. The van der Waals surface area contributed by atoms with Crippen molar-refractivity contribution in [2.24, 2.45) is 5.73 Å². The summed E-state index contributed by atoms with van der Waals surface area (Å²) in [4.78, 5) is 25.2. The molecule has 1 unspecified atom stereocenters. The molecule has 0 saturated carbocycles. The van der Waals surface area contributed by atoms with E-state index in [0.717, 1.165) is 0 Å². The molecular formula is C14H21ClN2O2. The number of nitrogens with two attached hydrogens (primary N) is 1. The third kappa shape index (κ3) is 5.41. The zero-order valence-electron chi connectivity index (χ0n) is 11.3. The molecule has 106 valence electrons. The first-order chi connectivity index (χ1) is 8.56. The zero-order chi connectivity index (χ0) is 13.5. The number of carbonyl (C=O) groups excluding carboxylic acids is 2. The van der Waals surface area contributed by atoms with Crippen molar-refractivity contribution in [2.75, 3.05) is 13.6 Å². The van der Waals surface area contributed by atoms with E-state index in [9.17, 15) is 9.59 Å². The van der Waals surface area contributed by atoms with Gasteiger partial charge < -0.3 is 10.6 Å². The van der Waals surface area contributed by atoms with Crippen LogP contribution in [0.3, 0.4) is 0 Å². The molecule has 0 aliphatic carbocycles. The van der Waals surface area contributed by atoms with Gasteiger partial charge in [0.2, 0.25) is 5.91 Å². The van der Waals surface area contributed by atoms with Crippen LogP contribution in [0.5, 0.6) is 0 Å². The van der Waals surface area contributed by atoms with E-state index in [1.165, 1.54) is 0 Å². The fourth-order valence-electron chi connectivity index (χ4n) is 1.57. The van der Waals surface area contributed by atoms with Crippen LogP contribution in [0.4, 0.5) is 0 Å². The molecule has 0 spiro atoms. The summed E-state index contributed by atoms with van der Waals surface area (Å²) < 4.78 is 0. The van der Waals surface area contributed by atoms with Crippen molar-refractivity contribution in [3.63, 3.8) is 0 Å². The summed E-state index contributed by atoms with van der Waals surface area (Å²) in [5.41, 5.74) is 6.15. The Morgan fingerprint density at radius 3 is 2.32 bits per heavy atom. The van der Waals surface area contributed by atoms with Crippen LogP contribution in [0.15, 0.2) is 30.3 Å². The maximum atomic E-state index is 11.8. The van der Waals surface area contributed by atoms with Gasteiger partial charge in [0.05, 0.1) is 0 Å². The Labute approximate surface area is 120 Å². The van der Waals surface area contributed by atoms with Crippen molar-refractivity contribution >= 4 is 24.1 Å². The lowest BCUT2D eigenvalue weighted by molar-refractivity contribution is -0.131. The lowest BCUT2D eigenvalue weighted by Gasteiger charge is -2.23. The second-order valence-corrected chi connectivity index (χ2v) is 4.38. The summed E-state index contributed by atoms with van der Waals surface area (Å²) in [5.74, 6) is -0.0463. The van der Waals surface area contributed by atoms with Crippen LogP contribution >= 0.6 is 12.4 Å². The molecule has 0 heterocycles. The summed E-state index contributed by atoms with van der Waals surface area (Å²) >= 11 is 0. The van der Waals surface area contributed by atoms with E-state index in [4.69, 9.17) is 5.73 Å². The predicted octanol–water partition coefficient (Wildman–Crippen LogP) is 1.88. The van der Waals surface area contributed by atoms with Crippen LogP contribution in [-0.2, 0) is 4.79 Å². The summed E-state index contributed by atoms with van der Waals surface area (Å²) in [6.45, 7) is 2.31. The SMILES string of the molecule is CC(CN)N(C)C(=O)CCC(=O)c1ccccc1.Cl. The summed E-state index contributed by atoms with van der Waals surface area (Å²) in [5, 5.41) is 0. The predicted molar refractivity (Wildman–Crippen MR) is 78.5 cm³/mol. The topological polar surface area (TPSA) is 63.4 Å². The van der Waals surface area contributed by atoms with E-state index in [0.29, 0.717) is 12.1 Å². The van der Waals surface area contributed by atoms with Crippen LogP contribution in [0.25, 0.3) is 0 Å². The Kier molecular flexibility index (Phi) is 8.03. The third-order valence-electron chi connectivity index (χ3n) is 3.06. The van der Waals surface area contributed by atoms with Gasteiger partial charge >= 0.3 is 0 Å². The molecule has 0 aliphatic rings. The average molecular weight is 285 g/mol. The summed E-state index contributed by atoms with van der Waals surface area (Å²) in [7, 11) is 1.72. The third-order valence-corrected chi connectivity index (χ3v) is 3.06. The summed E-state index contributed by atoms with van der Waals surface area (Å²) in [6.07, 6.45) is 0.471. The Hall–Kier alpha value is -1.39. The number of carbonyl (C=O) groups is 2. The van der Waals surface area contributed by atoms with Gasteiger partial charge in [0, 0.05) is 38.0 Å². The normalized spacial score (nSPS) is 11.3. The van der Waals surface area contributed by atoms with E-state index < -0.39 is 0 Å². The highest BCUT2D eigenvalue weighted by Gasteiger charge is 2.15. The molecular weight excluding hydrogens is 264 g/mol. The molecule has 1 rings (SSSR count). The molecule has 1 amide bonds. The van der Waals surface area contributed by atoms with Gasteiger partial charge in [-0.2, -0.15) is 0 Å². The second-order valence-electron chi connectivity index (χ2n) is 4.38. The van der Waals surface area contributed by atoms with Crippen molar-refractivity contribution < 1.29 is 9.59 Å². The molecule has 2 N–H and O–H groups in total. The number of benzene rings is 1. The number of Topliss-reactive ketones (excluding diaryl/α,β-unsaturated/α-hetero) is 1. The molecule has 4 nitrogen and oxygen atoms in total. The largest absolute Gasteiger partial charge is 0.342 e. The molecule has 0 radical (unpaired) electrons. The highest BCUT2D eigenvalue weighted by Crippen LogP contribution is 2.07. The van der Waals surface area contributed by atoms with Crippen molar-refractivity contribution in [1.82, 2.24) is 4.90 Å². The van der Waals surface area contributed by atoms with E-state index in [-0.39, 0.29) is 43.0 Å². The first kappa shape index (κ1) is 17.6. The molecule has 19 heavy (non-hydrogen) atoms. The zero-order valence-corrected chi connectivity index (χ0v) is 12.2. The number of halogens is 1. The van der Waals surface area contributed by atoms with Crippen LogP contribution < -0.4 is 5.73 Å². The molecule has 0 bridgehead atoms. The Morgan fingerprint density at radius 2 is 1.79 bits per heavy atom. The number of rotatable bonds is 6. The number of hydrogen-bond acceptors (Lipinski definition) is 3. The van der Waals surface area contributed by atoms with Gasteiger partial charge in [-0.1, -0.05) is 30.3 Å². The minimum atomic E-state index is -0.0442. The van der Waals surface area contributed by atoms with Gasteiger partial charge in [0.1, 0.15) is 0 Å². The van der Waals surface area contributed by atoms with E-state index in [1.54, 1.807) is 24.1 Å². The van der Waals surface area contributed by atoms with Crippen LogP contribution in [0.1, 0.15) is 30.1 Å². The van der Waals surface area contributed by atoms with Gasteiger partial charge in [-0.05, 0) is 6.92 Å². The maximum Gasteiger partial charge on any atom is 0.223 e. The minimum absolute atomic E-state index is 0. The highest BCUT2D eigenvalue weighted by atomic mass is 35.5. The van der Waals surface area contributed by atoms with Crippen molar-refractivity contribution in [2.45, 2.75) is 25.8 Å². The van der Waals surface area contributed by atoms with Crippen molar-refractivity contribution in [3.8, 4) is 0 Å². The van der Waals surface area contributed by atoms with Gasteiger partial charge in [-0.15, -0.1) is 12.4 Å². The lowest BCUT2D eigenvalue weighted by Crippen LogP contribution is -2.39. The number of nitrogens with zero attached hydrogens (tertiary/aromatic N) is 1. The monoisotopic (exact) mass is 284 g/mol. The molecule has 0 saturated heterocycles. The molecule has 1 aromatic rings. The van der Waals surface area contributed by atoms with Crippen molar-refractivity contribution in [3.05, 3.63) is 35.9 Å². The Morgan fingerprint density at radius 1 is 1.21 bits per heavy atom. The maximum absolute atomic E-state index is 11.8. The average Bonchev–Trinajstić information content (AvgIpc) is 2.43. The fourth-order valence-corrected chi connectivity index (χ4v) is 1.57. The number of hydrogen-bond donors (Lipinski definition) is 1. The van der Waals surface area contributed by atoms with Gasteiger partial charge in [-0.25, -0.2) is 0 Å². The number of amides is 1. The Bertz CT molecular complexity index is 409. The standard InChI is InChI=1S/C14H20N2O2.ClH/c1-11(10-15)16(2)14(18)9-8-13(17)12-6-4-3-5-7-12;/h3-7,11H,8-10,15H2,1-2H3;1H. The van der Waals surface area contributed by atoms with E-state index >= 15 is 0 Å². The molecule has 5 heteroatoms. The van der Waals surface area contributed by atoms with Crippen LogP contribution in [0, 0.1) is 0 Å². The highest BCUT2D eigenvalue weighted by molar-refractivity contribution is 5.97. The summed E-state index contributed by atoms with van der Waals surface area (Å²) in [6, 6.07) is 9.02. The smallest absolute Gasteiger partial charge is 0.223 e. The lowest BCUT2D eigenvalue weighted by atomic mass is 10.1. The first-order valence-electron chi connectivity index (χ1n) is 6.10. The molecule has 0 aromatic heterocycles. The van der Waals surface area contributed by atoms with E-state index in [2.05, 4.69) is 0 Å². The van der Waals surface area contributed by atoms with Gasteiger partial charge in [-0.3, -0.25) is 9.59 Å². The van der Waals surface area contributed by atoms with Gasteiger partial charge in [0.15, 0.2) is 5.78 Å². The minimum Gasteiger partial charge on any atom is -0.342 e. The molecule has 1 aromatic carbocycles. The molecule has 1 atom stereocenters. The quantitative estimate of drug-likeness (QED) is 0.811. The Balaban J connectivity index is 0.00000324. The van der Waals surface area contributed by atoms with Crippen LogP contribution in [-0.4, -0.2) is 36.2 Å². The van der Waals surface area contributed by atoms with Crippen LogP contribution in [0.2, 0.25) is 0 Å². The first-order valence-corrected chi connectivity index (χ1v) is 6.10. The van der Waals surface area contributed by atoms with E-state index in [1.807, 2.05) is 25.1 Å².